The number of hydrogen-bond acceptors (Lipinski definition) is 7. The second-order valence-corrected chi connectivity index (χ2v) is 9.40. The molecular weight excluding hydrogens is 479 g/mol. The molecule has 36 heavy (non-hydrogen) atoms. The van der Waals surface area contributed by atoms with Crippen LogP contribution in [0.2, 0.25) is 0 Å². The summed E-state index contributed by atoms with van der Waals surface area (Å²) in [5.41, 5.74) is 4.82. The Morgan fingerprint density at radius 1 is 1.11 bits per heavy atom. The largest absolute Gasteiger partial charge is 0.436 e. The number of pyridine rings is 1. The Morgan fingerprint density at radius 3 is 2.64 bits per heavy atom. The van der Waals surface area contributed by atoms with E-state index in [9.17, 15) is 14.3 Å². The van der Waals surface area contributed by atoms with Crippen molar-refractivity contribution in [1.82, 2.24) is 15.0 Å². The smallest absolute Gasteiger partial charge is 0.234 e. The molecule has 0 atom stereocenters. The molecule has 182 valence electrons. The maximum Gasteiger partial charge on any atom is 0.234 e. The number of carbonyl (C=O) groups is 1. The predicted molar refractivity (Wildman–Crippen MR) is 136 cm³/mol. The molecule has 0 saturated carbocycles. The number of thioether (sulfide) groups is 1. The highest BCUT2D eigenvalue weighted by Crippen LogP contribution is 2.42. The summed E-state index contributed by atoms with van der Waals surface area (Å²) >= 11 is 1.23. The van der Waals surface area contributed by atoms with Crippen LogP contribution < -0.4 is 10.1 Å². The maximum atomic E-state index is 14.6. The number of anilines is 1. The predicted octanol–water partition coefficient (Wildman–Crippen LogP) is 5.21. The van der Waals surface area contributed by atoms with Crippen molar-refractivity contribution in [3.05, 3.63) is 88.5 Å². The van der Waals surface area contributed by atoms with Gasteiger partial charge in [-0.1, -0.05) is 41.6 Å². The van der Waals surface area contributed by atoms with E-state index in [0.29, 0.717) is 39.7 Å². The average Bonchev–Trinajstić information content (AvgIpc) is 2.88. The van der Waals surface area contributed by atoms with Gasteiger partial charge in [0.05, 0.1) is 29.2 Å². The molecule has 0 radical (unpaired) electrons. The first-order chi connectivity index (χ1) is 17.4. The third-order valence-electron chi connectivity index (χ3n) is 5.85. The molecular formula is C27H23FN4O3S. The van der Waals surface area contributed by atoms with Gasteiger partial charge >= 0.3 is 0 Å². The minimum atomic E-state index is -0.456. The van der Waals surface area contributed by atoms with Gasteiger partial charge in [-0.05, 0) is 38.1 Å². The lowest BCUT2D eigenvalue weighted by Crippen LogP contribution is -2.16. The summed E-state index contributed by atoms with van der Waals surface area (Å²) in [4.78, 5) is 26.2. The fourth-order valence-corrected chi connectivity index (χ4v) is 4.77. The maximum absolute atomic E-state index is 14.6. The zero-order valence-corrected chi connectivity index (χ0v) is 20.5. The van der Waals surface area contributed by atoms with Gasteiger partial charge in [-0.15, -0.1) is 0 Å². The summed E-state index contributed by atoms with van der Waals surface area (Å²) in [5, 5.41) is 13.2. The number of aromatic nitrogens is 3. The number of rotatable bonds is 6. The molecule has 1 aliphatic rings. The first kappa shape index (κ1) is 23.9. The molecule has 7 nitrogen and oxygen atoms in total. The summed E-state index contributed by atoms with van der Waals surface area (Å²) in [5.74, 6) is 0.417. The van der Waals surface area contributed by atoms with Crippen molar-refractivity contribution in [2.75, 3.05) is 11.1 Å². The van der Waals surface area contributed by atoms with Gasteiger partial charge in [0.25, 0.3) is 0 Å². The molecule has 5 rings (SSSR count). The van der Waals surface area contributed by atoms with Crippen LogP contribution in [0.1, 0.15) is 27.9 Å². The zero-order valence-electron chi connectivity index (χ0n) is 19.7. The third kappa shape index (κ3) is 4.80. The number of nitrogens with zero attached hydrogens (tertiary/aromatic N) is 3. The van der Waals surface area contributed by atoms with E-state index < -0.39 is 5.82 Å². The van der Waals surface area contributed by atoms with E-state index in [4.69, 9.17) is 4.74 Å². The van der Waals surface area contributed by atoms with E-state index in [0.717, 1.165) is 11.1 Å². The fourth-order valence-electron chi connectivity index (χ4n) is 3.94. The molecule has 2 N–H and O–H groups in total. The number of nitrogens with one attached hydrogen (secondary N) is 1. The minimum absolute atomic E-state index is 0.0864. The first-order valence-electron chi connectivity index (χ1n) is 11.3. The molecule has 0 unspecified atom stereocenters. The number of aliphatic hydroxyl groups excluding tert-OH is 1. The van der Waals surface area contributed by atoms with Crippen LogP contribution in [0.25, 0.3) is 11.4 Å². The van der Waals surface area contributed by atoms with Crippen molar-refractivity contribution in [2.24, 2.45) is 0 Å². The van der Waals surface area contributed by atoms with Gasteiger partial charge in [-0.25, -0.2) is 9.37 Å². The van der Waals surface area contributed by atoms with E-state index >= 15 is 0 Å². The Morgan fingerprint density at radius 2 is 1.89 bits per heavy atom. The molecule has 3 heterocycles. The number of hydrogen-bond donors (Lipinski definition) is 2. The molecule has 0 bridgehead atoms. The lowest BCUT2D eigenvalue weighted by molar-refractivity contribution is -0.113. The SMILES string of the molecule is Cc1ccc(NC(=O)CSc2nc(-c3ccccc3F)nc3c2Cc2c(CO)cnc(C)c2O3)cc1. The van der Waals surface area contributed by atoms with Crippen LogP contribution in [0.15, 0.2) is 59.8 Å². The lowest BCUT2D eigenvalue weighted by atomic mass is 9.99. The fraction of sp³-hybridized carbons (Fsp3) is 0.185. The van der Waals surface area contributed by atoms with Crippen LogP contribution in [0.3, 0.4) is 0 Å². The van der Waals surface area contributed by atoms with Crippen LogP contribution in [0.4, 0.5) is 10.1 Å². The van der Waals surface area contributed by atoms with Crippen molar-refractivity contribution >= 4 is 23.4 Å². The molecule has 0 fully saturated rings. The van der Waals surface area contributed by atoms with E-state index in [2.05, 4.69) is 20.3 Å². The van der Waals surface area contributed by atoms with Crippen molar-refractivity contribution < 1.29 is 19.0 Å². The zero-order chi connectivity index (χ0) is 25.2. The average molecular weight is 503 g/mol. The van der Waals surface area contributed by atoms with Gasteiger partial charge in [0.1, 0.15) is 10.8 Å². The summed E-state index contributed by atoms with van der Waals surface area (Å²) in [6.07, 6.45) is 2.02. The molecule has 1 amide bonds. The highest BCUT2D eigenvalue weighted by molar-refractivity contribution is 8.00. The summed E-state index contributed by atoms with van der Waals surface area (Å²) in [6, 6.07) is 13.8. The topological polar surface area (TPSA) is 97.2 Å². The number of halogens is 1. The van der Waals surface area contributed by atoms with Crippen molar-refractivity contribution in [2.45, 2.75) is 31.9 Å². The number of amides is 1. The van der Waals surface area contributed by atoms with E-state index in [1.807, 2.05) is 38.1 Å². The molecule has 2 aromatic carbocycles. The number of benzene rings is 2. The highest BCUT2D eigenvalue weighted by atomic mass is 32.2. The molecule has 0 spiro atoms. The molecule has 4 aromatic rings. The number of fused-ring (bicyclic) bond motifs is 2. The van der Waals surface area contributed by atoms with Crippen molar-refractivity contribution in [3.8, 4) is 23.0 Å². The first-order valence-corrected chi connectivity index (χ1v) is 12.3. The minimum Gasteiger partial charge on any atom is -0.436 e. The van der Waals surface area contributed by atoms with Crippen LogP contribution in [0.5, 0.6) is 11.6 Å². The summed E-state index contributed by atoms with van der Waals surface area (Å²) < 4.78 is 20.7. The standard InChI is InChI=1S/C27H23FN4O3S/c1-15-7-9-18(10-8-15)30-23(34)14-36-27-21-11-20-17(13-33)12-29-16(2)24(20)35-26(21)31-25(32-27)19-5-3-4-6-22(19)28/h3-10,12,33H,11,13-14H2,1-2H3,(H,30,34). The Hall–Kier alpha value is -3.82. The molecule has 9 heteroatoms. The van der Waals surface area contributed by atoms with Crippen molar-refractivity contribution in [1.29, 1.82) is 0 Å². The van der Waals surface area contributed by atoms with Crippen LogP contribution >= 0.6 is 11.8 Å². The van der Waals surface area contributed by atoms with Gasteiger partial charge in [-0.2, -0.15) is 4.98 Å². The van der Waals surface area contributed by atoms with Gasteiger partial charge in [0, 0.05) is 29.4 Å². The molecule has 0 saturated heterocycles. The van der Waals surface area contributed by atoms with Gasteiger partial charge in [0.15, 0.2) is 11.6 Å². The number of aryl methyl sites for hydroxylation is 2. The number of carbonyl (C=O) groups excluding carboxylic acids is 1. The van der Waals surface area contributed by atoms with Crippen LogP contribution in [-0.4, -0.2) is 31.7 Å². The third-order valence-corrected chi connectivity index (χ3v) is 6.87. The Labute approximate surface area is 211 Å². The van der Waals surface area contributed by atoms with E-state index in [1.54, 1.807) is 24.4 Å². The highest BCUT2D eigenvalue weighted by Gasteiger charge is 2.28. The van der Waals surface area contributed by atoms with Gasteiger partial charge < -0.3 is 15.2 Å². The van der Waals surface area contributed by atoms with Gasteiger partial charge in [-0.3, -0.25) is 9.78 Å². The molecule has 2 aromatic heterocycles. The number of aliphatic hydroxyl groups is 1. The Balaban J connectivity index is 1.50. The quantitative estimate of drug-likeness (QED) is 0.243. The van der Waals surface area contributed by atoms with Gasteiger partial charge in [0.2, 0.25) is 11.8 Å². The van der Waals surface area contributed by atoms with E-state index in [-0.39, 0.29) is 35.5 Å². The summed E-state index contributed by atoms with van der Waals surface area (Å²) in [6.45, 7) is 3.60. The Bertz CT molecular complexity index is 1460. The Kier molecular flexibility index (Phi) is 6.67. The monoisotopic (exact) mass is 502 g/mol. The number of ether oxygens (including phenoxy) is 1. The van der Waals surface area contributed by atoms with Crippen molar-refractivity contribution in [3.63, 3.8) is 0 Å². The molecule has 1 aliphatic heterocycles. The second-order valence-electron chi connectivity index (χ2n) is 8.43. The molecule has 0 aliphatic carbocycles. The normalized spacial score (nSPS) is 11.9. The summed E-state index contributed by atoms with van der Waals surface area (Å²) in [7, 11) is 0. The van der Waals surface area contributed by atoms with Crippen LogP contribution in [0, 0.1) is 19.7 Å². The van der Waals surface area contributed by atoms with Crippen LogP contribution in [-0.2, 0) is 17.8 Å². The van der Waals surface area contributed by atoms with E-state index in [1.165, 1.54) is 17.8 Å². The second kappa shape index (κ2) is 10.0. The lowest BCUT2D eigenvalue weighted by Gasteiger charge is -2.24.